The fourth-order valence-corrected chi connectivity index (χ4v) is 3.19. The SMILES string of the molecule is Nc1nc(N2CCN(CCOC(F)(F)F)CC2)nnc1-c1cccc(Cl)c1Cl. The second kappa shape index (κ2) is 8.64. The number of aromatic nitrogens is 3. The number of rotatable bonds is 5. The Kier molecular flexibility index (Phi) is 6.43. The maximum atomic E-state index is 12.0. The van der Waals surface area contributed by atoms with Gasteiger partial charge < -0.3 is 10.6 Å². The van der Waals surface area contributed by atoms with Crippen molar-refractivity contribution in [2.24, 2.45) is 0 Å². The number of ether oxygens (including phenoxy) is 1. The lowest BCUT2D eigenvalue weighted by molar-refractivity contribution is -0.325. The van der Waals surface area contributed by atoms with Crippen LogP contribution < -0.4 is 10.6 Å². The van der Waals surface area contributed by atoms with Crippen LogP contribution >= 0.6 is 23.2 Å². The van der Waals surface area contributed by atoms with Crippen LogP contribution in [0.4, 0.5) is 24.9 Å². The van der Waals surface area contributed by atoms with Crippen molar-refractivity contribution in [2.75, 3.05) is 50.0 Å². The van der Waals surface area contributed by atoms with Gasteiger partial charge in [-0.1, -0.05) is 35.3 Å². The molecule has 1 saturated heterocycles. The quantitative estimate of drug-likeness (QED) is 0.770. The third kappa shape index (κ3) is 5.13. The molecule has 1 aliphatic rings. The summed E-state index contributed by atoms with van der Waals surface area (Å²) in [6.07, 6.45) is -4.60. The van der Waals surface area contributed by atoms with Gasteiger partial charge in [-0.2, -0.15) is 4.98 Å². The van der Waals surface area contributed by atoms with Crippen molar-refractivity contribution in [1.29, 1.82) is 0 Å². The van der Waals surface area contributed by atoms with Gasteiger partial charge in [-0.3, -0.25) is 9.64 Å². The minimum Gasteiger partial charge on any atom is -0.382 e. The van der Waals surface area contributed by atoms with Gasteiger partial charge in [0.25, 0.3) is 0 Å². The minimum atomic E-state index is -4.60. The zero-order valence-corrected chi connectivity index (χ0v) is 16.1. The summed E-state index contributed by atoms with van der Waals surface area (Å²) >= 11 is 12.2. The maximum absolute atomic E-state index is 12.0. The van der Waals surface area contributed by atoms with E-state index in [1.165, 1.54) is 0 Å². The highest BCUT2D eigenvalue weighted by Gasteiger charge is 2.29. The first-order chi connectivity index (χ1) is 13.2. The van der Waals surface area contributed by atoms with Crippen molar-refractivity contribution in [3.63, 3.8) is 0 Å². The van der Waals surface area contributed by atoms with Crippen LogP contribution in [0.5, 0.6) is 0 Å². The third-order valence-corrected chi connectivity index (χ3v) is 5.06. The summed E-state index contributed by atoms with van der Waals surface area (Å²) in [5.74, 6) is 0.515. The van der Waals surface area contributed by atoms with Crippen molar-refractivity contribution in [1.82, 2.24) is 20.1 Å². The minimum absolute atomic E-state index is 0.162. The Morgan fingerprint density at radius 2 is 1.82 bits per heavy atom. The van der Waals surface area contributed by atoms with Crippen LogP contribution in [0.3, 0.4) is 0 Å². The molecule has 1 fully saturated rings. The molecule has 0 saturated carbocycles. The number of anilines is 2. The average molecular weight is 437 g/mol. The molecule has 2 aromatic rings. The monoisotopic (exact) mass is 436 g/mol. The molecular formula is C16H17Cl2F3N6O. The smallest absolute Gasteiger partial charge is 0.382 e. The number of benzene rings is 1. The van der Waals surface area contributed by atoms with E-state index in [2.05, 4.69) is 19.9 Å². The average Bonchev–Trinajstić information content (AvgIpc) is 2.64. The van der Waals surface area contributed by atoms with E-state index in [0.717, 1.165) is 0 Å². The van der Waals surface area contributed by atoms with Crippen molar-refractivity contribution in [3.05, 3.63) is 28.2 Å². The molecule has 0 spiro atoms. The van der Waals surface area contributed by atoms with Gasteiger partial charge in [0.1, 0.15) is 5.69 Å². The van der Waals surface area contributed by atoms with Gasteiger partial charge >= 0.3 is 6.36 Å². The van der Waals surface area contributed by atoms with Gasteiger partial charge in [0.05, 0.1) is 16.7 Å². The van der Waals surface area contributed by atoms with E-state index in [1.807, 2.05) is 9.80 Å². The van der Waals surface area contributed by atoms with Gasteiger partial charge in [-0.25, -0.2) is 0 Å². The molecule has 7 nitrogen and oxygen atoms in total. The topological polar surface area (TPSA) is 80.4 Å². The molecular weight excluding hydrogens is 420 g/mol. The summed E-state index contributed by atoms with van der Waals surface area (Å²) in [6.45, 7) is 1.96. The molecule has 1 aliphatic heterocycles. The van der Waals surface area contributed by atoms with Crippen LogP contribution in [0.2, 0.25) is 10.0 Å². The molecule has 2 heterocycles. The van der Waals surface area contributed by atoms with E-state index in [-0.39, 0.29) is 12.4 Å². The predicted molar refractivity (Wildman–Crippen MR) is 100 cm³/mol. The largest absolute Gasteiger partial charge is 0.522 e. The van der Waals surface area contributed by atoms with E-state index in [1.54, 1.807) is 18.2 Å². The molecule has 0 atom stereocenters. The van der Waals surface area contributed by atoms with Gasteiger partial charge in [-0.05, 0) is 6.07 Å². The standard InChI is InChI=1S/C16H17Cl2F3N6O/c17-11-3-1-2-10(12(11)18)13-14(22)23-15(25-24-13)27-6-4-26(5-7-27)8-9-28-16(19,20)21/h1-3H,4-9H2,(H2,22,23,25). The molecule has 12 heteroatoms. The number of alkyl halides is 3. The number of piperazine rings is 1. The van der Waals surface area contributed by atoms with Crippen molar-refractivity contribution >= 4 is 35.0 Å². The molecule has 0 aliphatic carbocycles. The first-order valence-electron chi connectivity index (χ1n) is 8.37. The molecule has 2 N–H and O–H groups in total. The van der Waals surface area contributed by atoms with Gasteiger partial charge in [0.2, 0.25) is 5.95 Å². The lowest BCUT2D eigenvalue weighted by Crippen LogP contribution is -2.48. The van der Waals surface area contributed by atoms with Crippen LogP contribution in [-0.4, -0.2) is 65.8 Å². The van der Waals surface area contributed by atoms with E-state index in [0.29, 0.717) is 53.4 Å². The number of halogens is 5. The highest BCUT2D eigenvalue weighted by atomic mass is 35.5. The summed E-state index contributed by atoms with van der Waals surface area (Å²) in [7, 11) is 0. The first-order valence-corrected chi connectivity index (χ1v) is 9.13. The fourth-order valence-electron chi connectivity index (χ4n) is 2.80. The first kappa shape index (κ1) is 20.8. The molecule has 0 amide bonds. The van der Waals surface area contributed by atoms with Crippen molar-refractivity contribution in [3.8, 4) is 11.3 Å². The third-order valence-electron chi connectivity index (χ3n) is 4.24. The van der Waals surface area contributed by atoms with Crippen LogP contribution in [0.15, 0.2) is 18.2 Å². The van der Waals surface area contributed by atoms with E-state index >= 15 is 0 Å². The zero-order chi connectivity index (χ0) is 20.3. The lowest BCUT2D eigenvalue weighted by Gasteiger charge is -2.34. The van der Waals surface area contributed by atoms with Crippen LogP contribution in [0, 0.1) is 0 Å². The Hall–Kier alpha value is -1.88. The summed E-state index contributed by atoms with van der Waals surface area (Å²) in [5, 5.41) is 8.95. The fraction of sp³-hybridized carbons (Fsp3) is 0.438. The molecule has 1 aromatic heterocycles. The van der Waals surface area contributed by atoms with Gasteiger partial charge in [0.15, 0.2) is 5.82 Å². The molecule has 3 rings (SSSR count). The molecule has 0 bridgehead atoms. The summed E-state index contributed by atoms with van der Waals surface area (Å²) < 4.78 is 39.9. The second-order valence-electron chi connectivity index (χ2n) is 6.07. The maximum Gasteiger partial charge on any atom is 0.522 e. The second-order valence-corrected chi connectivity index (χ2v) is 6.86. The molecule has 0 unspecified atom stereocenters. The number of hydrogen-bond donors (Lipinski definition) is 1. The zero-order valence-electron chi connectivity index (χ0n) is 14.6. The highest BCUT2D eigenvalue weighted by molar-refractivity contribution is 6.43. The number of nitrogens with two attached hydrogens (primary N) is 1. The van der Waals surface area contributed by atoms with Crippen LogP contribution in [0.25, 0.3) is 11.3 Å². The Balaban J connectivity index is 1.62. The Labute approximate surface area is 169 Å². The van der Waals surface area contributed by atoms with Crippen molar-refractivity contribution in [2.45, 2.75) is 6.36 Å². The van der Waals surface area contributed by atoms with Crippen molar-refractivity contribution < 1.29 is 17.9 Å². The summed E-state index contributed by atoms with van der Waals surface area (Å²) in [6, 6.07) is 5.09. The Morgan fingerprint density at radius 1 is 1.11 bits per heavy atom. The molecule has 0 radical (unpaired) electrons. The Morgan fingerprint density at radius 3 is 2.46 bits per heavy atom. The molecule has 28 heavy (non-hydrogen) atoms. The number of hydrogen-bond acceptors (Lipinski definition) is 7. The molecule has 1 aromatic carbocycles. The summed E-state index contributed by atoms with van der Waals surface area (Å²) in [5.41, 5.74) is 6.90. The van der Waals surface area contributed by atoms with Gasteiger partial charge in [0, 0.05) is 38.3 Å². The number of nitrogen functional groups attached to an aromatic ring is 1. The molecule has 152 valence electrons. The normalized spacial score (nSPS) is 15.8. The Bertz CT molecular complexity index is 831. The van der Waals surface area contributed by atoms with Gasteiger partial charge in [-0.15, -0.1) is 23.4 Å². The summed E-state index contributed by atoms with van der Waals surface area (Å²) in [4.78, 5) is 8.04. The van der Waals surface area contributed by atoms with E-state index < -0.39 is 13.0 Å². The van der Waals surface area contributed by atoms with Crippen LogP contribution in [0.1, 0.15) is 0 Å². The van der Waals surface area contributed by atoms with E-state index in [4.69, 9.17) is 28.9 Å². The van der Waals surface area contributed by atoms with E-state index in [9.17, 15) is 13.2 Å². The lowest BCUT2D eigenvalue weighted by atomic mass is 10.1. The predicted octanol–water partition coefficient (Wildman–Crippen LogP) is 3.09. The highest BCUT2D eigenvalue weighted by Crippen LogP contribution is 2.34. The number of nitrogens with zero attached hydrogens (tertiary/aromatic N) is 5. The van der Waals surface area contributed by atoms with Crippen LogP contribution in [-0.2, 0) is 4.74 Å².